The molecule has 20 heavy (non-hydrogen) atoms. The average molecular weight is 273 g/mol. The number of aryl methyl sites for hydroxylation is 3. The molecule has 0 atom stereocenters. The first-order chi connectivity index (χ1) is 9.55. The highest BCUT2D eigenvalue weighted by Crippen LogP contribution is 2.18. The van der Waals surface area contributed by atoms with Crippen LogP contribution in [0.1, 0.15) is 28.5 Å². The van der Waals surface area contributed by atoms with Gasteiger partial charge in [-0.3, -0.25) is 15.3 Å². The Morgan fingerprint density at radius 3 is 2.75 bits per heavy atom. The fraction of sp³-hybridized carbons (Fsp3) is 0.286. The van der Waals surface area contributed by atoms with Crippen LogP contribution in [0, 0.1) is 6.92 Å². The van der Waals surface area contributed by atoms with Crippen molar-refractivity contribution in [2.45, 2.75) is 20.3 Å². The molecule has 0 unspecified atom stereocenters. The van der Waals surface area contributed by atoms with Crippen LogP contribution in [0.4, 0.5) is 11.4 Å². The summed E-state index contributed by atoms with van der Waals surface area (Å²) in [5, 5.41) is 7.19. The molecule has 0 aliphatic heterocycles. The van der Waals surface area contributed by atoms with E-state index in [9.17, 15) is 4.79 Å². The van der Waals surface area contributed by atoms with E-state index < -0.39 is 0 Å². The monoisotopic (exact) mass is 273 g/mol. The second-order valence-electron chi connectivity index (χ2n) is 4.64. The predicted molar refractivity (Wildman–Crippen MR) is 79.5 cm³/mol. The van der Waals surface area contributed by atoms with Gasteiger partial charge < -0.3 is 10.7 Å². The number of carbonyl (C=O) groups excluding carboxylic acids is 1. The van der Waals surface area contributed by atoms with Crippen LogP contribution in [-0.2, 0) is 13.5 Å². The van der Waals surface area contributed by atoms with Gasteiger partial charge in [-0.15, -0.1) is 0 Å². The summed E-state index contributed by atoms with van der Waals surface area (Å²) in [6.07, 6.45) is 2.57. The van der Waals surface area contributed by atoms with Crippen LogP contribution < -0.4 is 16.6 Å². The lowest BCUT2D eigenvalue weighted by atomic mass is 10.1. The van der Waals surface area contributed by atoms with Crippen LogP contribution in [0.3, 0.4) is 0 Å². The van der Waals surface area contributed by atoms with Crippen molar-refractivity contribution in [2.75, 3.05) is 10.7 Å². The molecule has 0 saturated carbocycles. The van der Waals surface area contributed by atoms with E-state index in [0.29, 0.717) is 5.56 Å². The van der Waals surface area contributed by atoms with E-state index >= 15 is 0 Å². The maximum Gasteiger partial charge on any atom is 0.255 e. The Morgan fingerprint density at radius 2 is 2.15 bits per heavy atom. The lowest BCUT2D eigenvalue weighted by molar-refractivity contribution is 0.102. The van der Waals surface area contributed by atoms with E-state index in [2.05, 4.69) is 15.8 Å². The Labute approximate surface area is 117 Å². The maximum absolute atomic E-state index is 12.2. The lowest BCUT2D eigenvalue weighted by Crippen LogP contribution is -2.14. The molecule has 2 rings (SSSR count). The molecule has 1 amide bonds. The summed E-state index contributed by atoms with van der Waals surface area (Å²) >= 11 is 0. The van der Waals surface area contributed by atoms with E-state index in [1.807, 2.05) is 20.9 Å². The second-order valence-corrected chi connectivity index (χ2v) is 4.64. The SMILES string of the molecule is CCc1nn(C)cc1NC(=O)c1ccc(NN)c(C)c1. The fourth-order valence-electron chi connectivity index (χ4n) is 2.06. The first kappa shape index (κ1) is 14.1. The number of nitrogen functional groups attached to an aromatic ring is 1. The molecule has 1 heterocycles. The number of anilines is 2. The number of nitrogens with one attached hydrogen (secondary N) is 2. The number of carbonyl (C=O) groups is 1. The standard InChI is InChI=1S/C14H19N5O/c1-4-11-13(8-19(3)18-11)16-14(20)10-5-6-12(17-15)9(2)7-10/h5-8,17H,4,15H2,1-3H3,(H,16,20). The fourth-order valence-corrected chi connectivity index (χ4v) is 2.06. The van der Waals surface area contributed by atoms with E-state index in [-0.39, 0.29) is 5.91 Å². The summed E-state index contributed by atoms with van der Waals surface area (Å²) in [6, 6.07) is 5.32. The van der Waals surface area contributed by atoms with Crippen LogP contribution in [0.15, 0.2) is 24.4 Å². The summed E-state index contributed by atoms with van der Waals surface area (Å²) in [7, 11) is 1.83. The van der Waals surface area contributed by atoms with Crippen LogP contribution in [0.2, 0.25) is 0 Å². The number of rotatable bonds is 4. The zero-order chi connectivity index (χ0) is 14.7. The van der Waals surface area contributed by atoms with Crippen LogP contribution in [-0.4, -0.2) is 15.7 Å². The van der Waals surface area contributed by atoms with Crippen molar-refractivity contribution in [3.05, 3.63) is 41.2 Å². The van der Waals surface area contributed by atoms with Crippen molar-refractivity contribution in [1.29, 1.82) is 0 Å². The molecule has 6 nitrogen and oxygen atoms in total. The van der Waals surface area contributed by atoms with Gasteiger partial charge in [-0.05, 0) is 37.1 Å². The van der Waals surface area contributed by atoms with Crippen LogP contribution >= 0.6 is 0 Å². The molecule has 0 fully saturated rings. The molecule has 0 bridgehead atoms. The minimum absolute atomic E-state index is 0.153. The molecule has 0 saturated heterocycles. The summed E-state index contributed by atoms with van der Waals surface area (Å²) in [5.41, 5.74) is 6.52. The van der Waals surface area contributed by atoms with E-state index in [4.69, 9.17) is 5.84 Å². The number of aromatic nitrogens is 2. The third-order valence-corrected chi connectivity index (χ3v) is 3.13. The van der Waals surface area contributed by atoms with Crippen LogP contribution in [0.25, 0.3) is 0 Å². The van der Waals surface area contributed by atoms with Gasteiger partial charge in [-0.2, -0.15) is 5.10 Å². The molecule has 2 aromatic rings. The quantitative estimate of drug-likeness (QED) is 0.586. The largest absolute Gasteiger partial charge is 0.324 e. The number of benzene rings is 1. The Balaban J connectivity index is 2.21. The number of nitrogens with two attached hydrogens (primary N) is 1. The minimum Gasteiger partial charge on any atom is -0.324 e. The zero-order valence-corrected chi connectivity index (χ0v) is 11.9. The van der Waals surface area contributed by atoms with Gasteiger partial charge in [-0.25, -0.2) is 0 Å². The highest BCUT2D eigenvalue weighted by molar-refractivity contribution is 6.04. The highest BCUT2D eigenvalue weighted by Gasteiger charge is 2.12. The highest BCUT2D eigenvalue weighted by atomic mass is 16.1. The lowest BCUT2D eigenvalue weighted by Gasteiger charge is -2.08. The van der Waals surface area contributed by atoms with Gasteiger partial charge in [0.15, 0.2) is 0 Å². The van der Waals surface area contributed by atoms with Crippen molar-refractivity contribution < 1.29 is 4.79 Å². The van der Waals surface area contributed by atoms with Crippen LogP contribution in [0.5, 0.6) is 0 Å². The molecular formula is C14H19N5O. The summed E-state index contributed by atoms with van der Waals surface area (Å²) in [4.78, 5) is 12.2. The van der Waals surface area contributed by atoms with Gasteiger partial charge >= 0.3 is 0 Å². The van der Waals surface area contributed by atoms with Crippen molar-refractivity contribution in [2.24, 2.45) is 12.9 Å². The van der Waals surface area contributed by atoms with Crippen molar-refractivity contribution in [3.63, 3.8) is 0 Å². The normalized spacial score (nSPS) is 10.4. The smallest absolute Gasteiger partial charge is 0.255 e. The zero-order valence-electron chi connectivity index (χ0n) is 11.9. The first-order valence-corrected chi connectivity index (χ1v) is 6.46. The van der Waals surface area contributed by atoms with Crippen molar-refractivity contribution in [1.82, 2.24) is 9.78 Å². The summed E-state index contributed by atoms with van der Waals surface area (Å²) in [5.74, 6) is 5.23. The molecule has 6 heteroatoms. The van der Waals surface area contributed by atoms with Gasteiger partial charge in [0.2, 0.25) is 0 Å². The van der Waals surface area contributed by atoms with Gasteiger partial charge in [-0.1, -0.05) is 6.92 Å². The van der Waals surface area contributed by atoms with Crippen molar-refractivity contribution >= 4 is 17.3 Å². The molecular weight excluding hydrogens is 254 g/mol. The van der Waals surface area contributed by atoms with Gasteiger partial charge in [0.1, 0.15) is 0 Å². The Morgan fingerprint density at radius 1 is 1.40 bits per heavy atom. The number of hydrogen-bond donors (Lipinski definition) is 3. The maximum atomic E-state index is 12.2. The topological polar surface area (TPSA) is 85.0 Å². The Bertz CT molecular complexity index is 632. The molecule has 0 spiro atoms. The molecule has 0 aliphatic carbocycles. The Hall–Kier alpha value is -2.34. The number of hydrazine groups is 1. The third-order valence-electron chi connectivity index (χ3n) is 3.13. The number of amides is 1. The second kappa shape index (κ2) is 5.75. The van der Waals surface area contributed by atoms with Gasteiger partial charge in [0.05, 0.1) is 17.1 Å². The van der Waals surface area contributed by atoms with Crippen molar-refractivity contribution in [3.8, 4) is 0 Å². The van der Waals surface area contributed by atoms with Gasteiger partial charge in [0, 0.05) is 18.8 Å². The minimum atomic E-state index is -0.153. The molecule has 106 valence electrons. The molecule has 0 aliphatic rings. The molecule has 1 aromatic heterocycles. The number of hydrogen-bond acceptors (Lipinski definition) is 4. The molecule has 0 radical (unpaired) electrons. The summed E-state index contributed by atoms with van der Waals surface area (Å²) in [6.45, 7) is 3.90. The van der Waals surface area contributed by atoms with Gasteiger partial charge in [0.25, 0.3) is 5.91 Å². The van der Waals surface area contributed by atoms with E-state index in [1.54, 1.807) is 29.1 Å². The third kappa shape index (κ3) is 2.80. The molecule has 1 aromatic carbocycles. The van der Waals surface area contributed by atoms with E-state index in [1.165, 1.54) is 0 Å². The Kier molecular flexibility index (Phi) is 4.05. The number of nitrogens with zero attached hydrogens (tertiary/aromatic N) is 2. The predicted octanol–water partition coefficient (Wildman–Crippen LogP) is 1.83. The molecule has 4 N–H and O–H groups in total. The first-order valence-electron chi connectivity index (χ1n) is 6.46. The van der Waals surface area contributed by atoms with E-state index in [0.717, 1.165) is 29.1 Å². The summed E-state index contributed by atoms with van der Waals surface area (Å²) < 4.78 is 1.70. The average Bonchev–Trinajstić information content (AvgIpc) is 2.78.